The Labute approximate surface area is 167 Å². The van der Waals surface area contributed by atoms with E-state index in [4.69, 9.17) is 0 Å². The van der Waals surface area contributed by atoms with Gasteiger partial charge in [-0.2, -0.15) is 10.2 Å². The van der Waals surface area contributed by atoms with E-state index in [9.17, 15) is 9.59 Å². The second kappa shape index (κ2) is 7.35. The normalized spacial score (nSPS) is 11.0. The van der Waals surface area contributed by atoms with Gasteiger partial charge in [0.2, 0.25) is 5.91 Å². The summed E-state index contributed by atoms with van der Waals surface area (Å²) in [5, 5.41) is 11.3. The van der Waals surface area contributed by atoms with Crippen LogP contribution in [0.4, 0.5) is 5.69 Å². The summed E-state index contributed by atoms with van der Waals surface area (Å²) in [5.41, 5.74) is 5.69. The predicted molar refractivity (Wildman–Crippen MR) is 112 cm³/mol. The van der Waals surface area contributed by atoms with Crippen molar-refractivity contribution in [3.05, 3.63) is 81.9 Å². The Kier molecular flexibility index (Phi) is 4.72. The number of anilines is 1. The minimum Gasteiger partial charge on any atom is -0.324 e. The molecule has 0 atom stereocenters. The van der Waals surface area contributed by atoms with E-state index in [1.807, 2.05) is 57.2 Å². The van der Waals surface area contributed by atoms with E-state index in [0.717, 1.165) is 21.4 Å². The van der Waals surface area contributed by atoms with Crippen LogP contribution in [0.1, 0.15) is 16.7 Å². The van der Waals surface area contributed by atoms with E-state index in [1.54, 1.807) is 6.07 Å². The highest BCUT2D eigenvalue weighted by atomic mass is 16.2. The van der Waals surface area contributed by atoms with E-state index in [0.29, 0.717) is 16.9 Å². The summed E-state index contributed by atoms with van der Waals surface area (Å²) in [4.78, 5) is 25.1. The topological polar surface area (TPSA) is 81.3 Å². The van der Waals surface area contributed by atoms with Gasteiger partial charge in [-0.1, -0.05) is 41.5 Å². The zero-order chi connectivity index (χ0) is 20.5. The van der Waals surface area contributed by atoms with Gasteiger partial charge in [0.15, 0.2) is 0 Å². The van der Waals surface area contributed by atoms with Gasteiger partial charge in [0, 0.05) is 11.3 Å². The molecule has 2 heterocycles. The number of rotatable bonds is 4. The van der Waals surface area contributed by atoms with Crippen molar-refractivity contribution in [3.8, 4) is 11.3 Å². The fourth-order valence-corrected chi connectivity index (χ4v) is 3.26. The van der Waals surface area contributed by atoms with Crippen molar-refractivity contribution in [2.75, 3.05) is 5.32 Å². The number of benzene rings is 2. The highest BCUT2D eigenvalue weighted by Crippen LogP contribution is 2.23. The van der Waals surface area contributed by atoms with Crippen LogP contribution in [0.2, 0.25) is 0 Å². The fourth-order valence-electron chi connectivity index (χ4n) is 3.26. The SMILES string of the molecule is Cc1ccc(NC(=O)Cn2ncn3nc(-c4ccc(C)cc4C)cc3c2=O)cc1. The molecule has 2 aromatic carbocycles. The Morgan fingerprint density at radius 2 is 1.72 bits per heavy atom. The fraction of sp³-hybridized carbons (Fsp3) is 0.182. The van der Waals surface area contributed by atoms with Crippen molar-refractivity contribution in [1.82, 2.24) is 19.4 Å². The highest BCUT2D eigenvalue weighted by molar-refractivity contribution is 5.90. The predicted octanol–water partition coefficient (Wildman–Crippen LogP) is 3.12. The molecule has 0 saturated heterocycles. The maximum Gasteiger partial charge on any atom is 0.293 e. The zero-order valence-electron chi connectivity index (χ0n) is 16.5. The summed E-state index contributed by atoms with van der Waals surface area (Å²) < 4.78 is 2.59. The van der Waals surface area contributed by atoms with Crippen LogP contribution >= 0.6 is 0 Å². The summed E-state index contributed by atoms with van der Waals surface area (Å²) in [7, 11) is 0. The van der Waals surface area contributed by atoms with Crippen LogP contribution < -0.4 is 10.9 Å². The Bertz CT molecular complexity index is 1270. The molecule has 4 aromatic rings. The lowest BCUT2D eigenvalue weighted by atomic mass is 10.0. The molecule has 0 fully saturated rings. The second-order valence-corrected chi connectivity index (χ2v) is 7.19. The van der Waals surface area contributed by atoms with Crippen LogP contribution in [0, 0.1) is 20.8 Å². The highest BCUT2D eigenvalue weighted by Gasteiger charge is 2.13. The first kappa shape index (κ1) is 18.6. The van der Waals surface area contributed by atoms with Gasteiger partial charge in [0.25, 0.3) is 5.56 Å². The number of fused-ring (bicyclic) bond motifs is 1. The van der Waals surface area contributed by atoms with Gasteiger partial charge in [-0.15, -0.1) is 0 Å². The molecule has 146 valence electrons. The van der Waals surface area contributed by atoms with Gasteiger partial charge in [-0.25, -0.2) is 9.20 Å². The molecule has 0 aliphatic heterocycles. The van der Waals surface area contributed by atoms with Crippen molar-refractivity contribution in [2.45, 2.75) is 27.3 Å². The minimum atomic E-state index is -0.366. The van der Waals surface area contributed by atoms with Gasteiger partial charge in [0.1, 0.15) is 18.4 Å². The maximum absolute atomic E-state index is 12.8. The molecule has 0 saturated carbocycles. The first-order valence-corrected chi connectivity index (χ1v) is 9.30. The average molecular weight is 387 g/mol. The Balaban J connectivity index is 1.61. The van der Waals surface area contributed by atoms with Gasteiger partial charge in [0.05, 0.1) is 5.69 Å². The van der Waals surface area contributed by atoms with Crippen molar-refractivity contribution >= 4 is 17.1 Å². The molecular formula is C22H21N5O2. The number of aromatic nitrogens is 4. The summed E-state index contributed by atoms with van der Waals surface area (Å²) in [5.74, 6) is -0.318. The number of carbonyl (C=O) groups excluding carboxylic acids is 1. The van der Waals surface area contributed by atoms with E-state index >= 15 is 0 Å². The Hall–Kier alpha value is -3.74. The average Bonchev–Trinajstić information content (AvgIpc) is 3.11. The first-order chi connectivity index (χ1) is 13.9. The van der Waals surface area contributed by atoms with Crippen molar-refractivity contribution in [1.29, 1.82) is 0 Å². The third-order valence-corrected chi connectivity index (χ3v) is 4.78. The largest absolute Gasteiger partial charge is 0.324 e. The number of amides is 1. The standard InChI is InChI=1S/C22H21N5O2/c1-14-4-7-17(8-5-14)24-21(28)12-26-22(29)20-11-19(25-27(20)13-23-26)18-9-6-15(2)10-16(18)3/h4-11,13H,12H2,1-3H3,(H,24,28). The van der Waals surface area contributed by atoms with Crippen LogP contribution in [0.25, 0.3) is 16.8 Å². The van der Waals surface area contributed by atoms with Crippen molar-refractivity contribution < 1.29 is 4.79 Å². The van der Waals surface area contributed by atoms with Crippen LogP contribution in [0.3, 0.4) is 0 Å². The Morgan fingerprint density at radius 3 is 2.45 bits per heavy atom. The molecule has 1 amide bonds. The summed E-state index contributed by atoms with van der Waals surface area (Å²) in [6.07, 6.45) is 1.45. The van der Waals surface area contributed by atoms with E-state index in [1.165, 1.54) is 16.4 Å². The number of carbonyl (C=O) groups is 1. The lowest BCUT2D eigenvalue weighted by Gasteiger charge is -2.07. The molecule has 7 nitrogen and oxygen atoms in total. The number of nitrogens with one attached hydrogen (secondary N) is 1. The summed E-state index contributed by atoms with van der Waals surface area (Å²) in [6.45, 7) is 5.85. The van der Waals surface area contributed by atoms with E-state index in [-0.39, 0.29) is 18.0 Å². The van der Waals surface area contributed by atoms with Crippen LogP contribution in [-0.4, -0.2) is 25.3 Å². The molecular weight excluding hydrogens is 366 g/mol. The van der Waals surface area contributed by atoms with E-state index in [2.05, 4.69) is 21.6 Å². The molecule has 0 radical (unpaired) electrons. The first-order valence-electron chi connectivity index (χ1n) is 9.30. The molecule has 4 rings (SSSR count). The van der Waals surface area contributed by atoms with Gasteiger partial charge < -0.3 is 5.32 Å². The van der Waals surface area contributed by atoms with Gasteiger partial charge in [-0.05, 0) is 44.5 Å². The third-order valence-electron chi connectivity index (χ3n) is 4.78. The molecule has 0 unspecified atom stereocenters. The second-order valence-electron chi connectivity index (χ2n) is 7.19. The molecule has 0 aliphatic rings. The maximum atomic E-state index is 12.8. The molecule has 29 heavy (non-hydrogen) atoms. The molecule has 7 heteroatoms. The smallest absolute Gasteiger partial charge is 0.293 e. The lowest BCUT2D eigenvalue weighted by Crippen LogP contribution is -2.30. The van der Waals surface area contributed by atoms with Crippen LogP contribution in [-0.2, 0) is 11.3 Å². The Morgan fingerprint density at radius 1 is 1.00 bits per heavy atom. The van der Waals surface area contributed by atoms with Crippen LogP contribution in [0.15, 0.2) is 59.7 Å². The molecule has 0 bridgehead atoms. The van der Waals surface area contributed by atoms with E-state index < -0.39 is 0 Å². The number of nitrogens with zero attached hydrogens (tertiary/aromatic N) is 4. The molecule has 0 spiro atoms. The minimum absolute atomic E-state index is 0.173. The number of hydrogen-bond donors (Lipinski definition) is 1. The summed E-state index contributed by atoms with van der Waals surface area (Å²) >= 11 is 0. The monoisotopic (exact) mass is 387 g/mol. The number of aryl methyl sites for hydroxylation is 3. The molecule has 1 N–H and O–H groups in total. The zero-order valence-corrected chi connectivity index (χ0v) is 16.5. The molecule has 0 aliphatic carbocycles. The lowest BCUT2D eigenvalue weighted by molar-refractivity contribution is -0.117. The molecule has 2 aromatic heterocycles. The quantitative estimate of drug-likeness (QED) is 0.583. The van der Waals surface area contributed by atoms with Gasteiger partial charge in [-0.3, -0.25) is 9.59 Å². The van der Waals surface area contributed by atoms with Crippen molar-refractivity contribution in [2.24, 2.45) is 0 Å². The van der Waals surface area contributed by atoms with Crippen LogP contribution in [0.5, 0.6) is 0 Å². The summed E-state index contributed by atoms with van der Waals surface area (Å²) in [6, 6.07) is 15.3. The third kappa shape index (κ3) is 3.80. The van der Waals surface area contributed by atoms with Gasteiger partial charge >= 0.3 is 0 Å². The van der Waals surface area contributed by atoms with Crippen molar-refractivity contribution in [3.63, 3.8) is 0 Å². The number of hydrogen-bond acceptors (Lipinski definition) is 4.